The Kier molecular flexibility index (Phi) is 4.66. The fraction of sp³-hybridized carbons (Fsp3) is 0.125. The van der Waals surface area contributed by atoms with Crippen molar-refractivity contribution in [2.24, 2.45) is 0 Å². The van der Waals surface area contributed by atoms with Crippen LogP contribution in [-0.2, 0) is 11.2 Å². The van der Waals surface area contributed by atoms with Crippen LogP contribution in [0.4, 0.5) is 8.63 Å². The molecule has 0 fully saturated rings. The Balaban J connectivity index is 1.91. The van der Waals surface area contributed by atoms with E-state index >= 15 is 0 Å². The number of hydrogen-bond donors (Lipinski definition) is 1. The van der Waals surface area contributed by atoms with Crippen molar-refractivity contribution in [3.8, 4) is 0 Å². The second-order valence-electron chi connectivity index (χ2n) is 5.06. The van der Waals surface area contributed by atoms with Crippen LogP contribution in [-0.4, -0.2) is 28.9 Å². The maximum atomic E-state index is 13.5. The van der Waals surface area contributed by atoms with Crippen LogP contribution in [0.3, 0.4) is 0 Å². The molecule has 0 radical (unpaired) electrons. The maximum absolute atomic E-state index is 13.5. The molecule has 0 spiro atoms. The number of aryl methyl sites for hydroxylation is 1. The summed E-state index contributed by atoms with van der Waals surface area (Å²) < 4.78 is 28.0. The van der Waals surface area contributed by atoms with E-state index in [0.717, 1.165) is 27.0 Å². The number of carbonyl (C=O) groups excluding carboxylic acids is 1. The Hall–Kier alpha value is -2.28. The molecule has 1 N–H and O–H groups in total. The van der Waals surface area contributed by atoms with Gasteiger partial charge in [0.1, 0.15) is 6.29 Å². The molecule has 116 valence electrons. The molecule has 0 saturated carbocycles. The number of halogens is 2. The number of H-pyrrole nitrogens is 1. The summed E-state index contributed by atoms with van der Waals surface area (Å²) in [5.41, 5.74) is 2.60. The van der Waals surface area contributed by atoms with E-state index in [9.17, 15) is 13.4 Å². The van der Waals surface area contributed by atoms with Crippen molar-refractivity contribution in [3.05, 3.63) is 63.8 Å². The van der Waals surface area contributed by atoms with Gasteiger partial charge in [-0.05, 0) is 30.0 Å². The molecule has 3 nitrogen and oxygen atoms in total. The van der Waals surface area contributed by atoms with Gasteiger partial charge in [0.05, 0.1) is 4.88 Å². The molecule has 3 rings (SSSR count). The van der Waals surface area contributed by atoms with E-state index in [1.54, 1.807) is 18.2 Å². The van der Waals surface area contributed by atoms with Crippen LogP contribution in [0.25, 0.3) is 6.08 Å². The van der Waals surface area contributed by atoms with Gasteiger partial charge in [-0.2, -0.15) is 0 Å². The summed E-state index contributed by atoms with van der Waals surface area (Å²) in [6.45, 7) is 0. The van der Waals surface area contributed by atoms with Gasteiger partial charge in [-0.3, -0.25) is 0 Å². The van der Waals surface area contributed by atoms with E-state index in [2.05, 4.69) is 4.98 Å². The van der Waals surface area contributed by atoms with Gasteiger partial charge in [0.15, 0.2) is 5.70 Å². The number of aldehydes is 1. The normalized spacial score (nSPS) is 15.7. The number of nitrogens with one attached hydrogen (secondary N) is 1. The number of nitrogens with zero attached hydrogens (tertiary/aromatic N) is 1. The molecule has 7 heteroatoms. The van der Waals surface area contributed by atoms with Gasteiger partial charge in [0.2, 0.25) is 5.71 Å². The van der Waals surface area contributed by atoms with Crippen LogP contribution >= 0.6 is 11.3 Å². The lowest BCUT2D eigenvalue weighted by Crippen LogP contribution is -2.24. The summed E-state index contributed by atoms with van der Waals surface area (Å²) in [7, 11) is -2.61. The first kappa shape index (κ1) is 15.6. The standard InChI is InChI=1S/C16H13BF2N2OS/c18-17(19)21-14(7-8-15(21)16-4-2-10-23-16)11-13-6-5-12(20-13)3-1-9-22/h2,4-11H,1,3H2/p+1. The first-order valence-electron chi connectivity index (χ1n) is 7.18. The van der Waals surface area contributed by atoms with E-state index in [1.807, 2.05) is 29.6 Å². The number of carbonyl (C=O) groups is 1. The quantitative estimate of drug-likeness (QED) is 0.638. The summed E-state index contributed by atoms with van der Waals surface area (Å²) in [6, 6.07) is 7.37. The minimum atomic E-state index is -2.61. The highest BCUT2D eigenvalue weighted by atomic mass is 32.1. The van der Waals surface area contributed by atoms with E-state index in [4.69, 9.17) is 0 Å². The Morgan fingerprint density at radius 3 is 2.83 bits per heavy atom. The van der Waals surface area contributed by atoms with Crippen LogP contribution in [0.5, 0.6) is 0 Å². The van der Waals surface area contributed by atoms with Crippen LogP contribution in [0.1, 0.15) is 22.7 Å². The van der Waals surface area contributed by atoms with Crippen molar-refractivity contribution in [1.29, 1.82) is 0 Å². The van der Waals surface area contributed by atoms with Crippen LogP contribution < -0.4 is 0 Å². The summed E-state index contributed by atoms with van der Waals surface area (Å²) in [5.74, 6) is 0. The molecule has 0 atom stereocenters. The van der Waals surface area contributed by atoms with Crippen LogP contribution in [0, 0.1) is 0 Å². The van der Waals surface area contributed by atoms with Crippen molar-refractivity contribution >= 4 is 36.8 Å². The zero-order valence-electron chi connectivity index (χ0n) is 12.2. The van der Waals surface area contributed by atoms with Gasteiger partial charge in [0, 0.05) is 36.0 Å². The number of allylic oxidation sites excluding steroid dienone is 2. The molecule has 2 aromatic heterocycles. The van der Waals surface area contributed by atoms with Crippen molar-refractivity contribution in [2.45, 2.75) is 12.8 Å². The summed E-state index contributed by atoms with van der Waals surface area (Å²) >= 11 is 1.43. The average molecular weight is 331 g/mol. The molecule has 23 heavy (non-hydrogen) atoms. The number of aromatic amines is 1. The molecule has 3 heterocycles. The van der Waals surface area contributed by atoms with Gasteiger partial charge in [-0.25, -0.2) is 13.1 Å². The lowest BCUT2D eigenvalue weighted by molar-refractivity contribution is -0.339. The highest BCUT2D eigenvalue weighted by Gasteiger charge is 2.42. The zero-order valence-corrected chi connectivity index (χ0v) is 13.0. The molecule has 0 bridgehead atoms. The monoisotopic (exact) mass is 331 g/mol. The lowest BCUT2D eigenvalue weighted by atomic mass is 10.1. The SMILES string of the molecule is O=CCCc1ccc(/C=C2/C=CC(c3cccs3)=[N+]2B(F)F)[nH]1. The third-order valence-electron chi connectivity index (χ3n) is 3.52. The highest BCUT2D eigenvalue weighted by molar-refractivity contribution is 7.12. The summed E-state index contributed by atoms with van der Waals surface area (Å²) in [5, 5.41) is 1.87. The lowest BCUT2D eigenvalue weighted by Gasteiger charge is -1.99. The molecule has 0 unspecified atom stereocenters. The molecule has 2 aromatic rings. The van der Waals surface area contributed by atoms with E-state index in [0.29, 0.717) is 24.3 Å². The van der Waals surface area contributed by atoms with Crippen molar-refractivity contribution in [1.82, 2.24) is 4.98 Å². The zero-order chi connectivity index (χ0) is 16.2. The van der Waals surface area contributed by atoms with Gasteiger partial charge >= 0.3 is 7.40 Å². The van der Waals surface area contributed by atoms with Crippen molar-refractivity contribution < 1.29 is 17.9 Å². The Labute approximate surface area is 136 Å². The smallest absolute Gasteiger partial charge is 0.359 e. The molecular weight excluding hydrogens is 317 g/mol. The van der Waals surface area contributed by atoms with E-state index < -0.39 is 7.40 Å². The average Bonchev–Trinajstić information content (AvgIpc) is 3.25. The van der Waals surface area contributed by atoms with Crippen molar-refractivity contribution in [2.75, 3.05) is 0 Å². The van der Waals surface area contributed by atoms with Crippen molar-refractivity contribution in [3.63, 3.8) is 0 Å². The van der Waals surface area contributed by atoms with Gasteiger partial charge in [-0.1, -0.05) is 6.07 Å². The van der Waals surface area contributed by atoms with Crippen LogP contribution in [0.15, 0.2) is 47.5 Å². The fourth-order valence-electron chi connectivity index (χ4n) is 2.49. The minimum Gasteiger partial charge on any atom is -0.359 e. The third kappa shape index (κ3) is 3.39. The van der Waals surface area contributed by atoms with Crippen LogP contribution in [0.2, 0.25) is 0 Å². The molecule has 0 aromatic carbocycles. The Morgan fingerprint density at radius 2 is 2.13 bits per heavy atom. The highest BCUT2D eigenvalue weighted by Crippen LogP contribution is 2.22. The maximum Gasteiger partial charge on any atom is 0.935 e. The third-order valence-corrected chi connectivity index (χ3v) is 4.41. The van der Waals surface area contributed by atoms with E-state index in [1.165, 1.54) is 11.3 Å². The van der Waals surface area contributed by atoms with E-state index in [-0.39, 0.29) is 0 Å². The fourth-order valence-corrected chi connectivity index (χ4v) is 3.24. The number of aromatic nitrogens is 1. The molecule has 0 saturated heterocycles. The molecular formula is C16H14BF2N2OS+. The van der Waals surface area contributed by atoms with Gasteiger partial charge in [-0.15, -0.1) is 11.3 Å². The molecule has 0 amide bonds. The molecule has 0 aliphatic carbocycles. The van der Waals surface area contributed by atoms with Gasteiger partial charge < -0.3 is 9.78 Å². The predicted molar refractivity (Wildman–Crippen MR) is 89.0 cm³/mol. The van der Waals surface area contributed by atoms with Gasteiger partial charge in [0.25, 0.3) is 0 Å². The largest absolute Gasteiger partial charge is 0.935 e. The Bertz CT molecular complexity index is 791. The minimum absolute atomic E-state index is 0.437. The second-order valence-corrected chi connectivity index (χ2v) is 6.00. The molecule has 1 aliphatic rings. The summed E-state index contributed by atoms with van der Waals surface area (Å²) in [6.07, 6.45) is 7.00. The predicted octanol–water partition coefficient (Wildman–Crippen LogP) is 3.54. The topological polar surface area (TPSA) is 35.9 Å². The first-order chi connectivity index (χ1) is 11.2. The number of rotatable bonds is 6. The first-order valence-corrected chi connectivity index (χ1v) is 8.06. The summed E-state index contributed by atoms with van der Waals surface area (Å²) in [4.78, 5) is 14.3. The molecule has 1 aliphatic heterocycles. The number of hydrogen-bond acceptors (Lipinski definition) is 2. The Morgan fingerprint density at radius 1 is 1.26 bits per heavy atom. The number of thiophene rings is 1. The second kappa shape index (κ2) is 6.87.